The summed E-state index contributed by atoms with van der Waals surface area (Å²) in [6, 6.07) is 13.6. The summed E-state index contributed by atoms with van der Waals surface area (Å²) in [6.07, 6.45) is -0.576. The van der Waals surface area contributed by atoms with Crippen LogP contribution in [0.4, 0.5) is 5.69 Å². The summed E-state index contributed by atoms with van der Waals surface area (Å²) in [5.74, 6) is 0.243. The maximum atomic E-state index is 12.4. The summed E-state index contributed by atoms with van der Waals surface area (Å²) in [6.45, 7) is 4.67. The van der Waals surface area contributed by atoms with Gasteiger partial charge >= 0.3 is 0 Å². The predicted molar refractivity (Wildman–Crippen MR) is 96.7 cm³/mol. The van der Waals surface area contributed by atoms with Gasteiger partial charge < -0.3 is 10.6 Å². The van der Waals surface area contributed by atoms with Crippen molar-refractivity contribution in [2.45, 2.75) is 24.9 Å². The lowest BCUT2D eigenvalue weighted by molar-refractivity contribution is 0.0949. The molecule has 0 aromatic heterocycles. The number of nitrogens with one attached hydrogen (secondary N) is 3. The molecule has 0 unspecified atom stereocenters. The topological polar surface area (TPSA) is 87.3 Å². The van der Waals surface area contributed by atoms with E-state index >= 15 is 0 Å². The first-order chi connectivity index (χ1) is 11.9. The molecule has 1 aliphatic heterocycles. The van der Waals surface area contributed by atoms with Crippen molar-refractivity contribution in [2.24, 2.45) is 5.92 Å². The van der Waals surface area contributed by atoms with E-state index in [1.165, 1.54) is 0 Å². The Balaban J connectivity index is 1.79. The highest BCUT2D eigenvalue weighted by atomic mass is 32.2. The van der Waals surface area contributed by atoms with Crippen LogP contribution in [-0.2, 0) is 10.0 Å². The molecule has 1 atom stereocenters. The highest BCUT2D eigenvalue weighted by molar-refractivity contribution is 7.89. The fraction of sp³-hybridized carbons (Fsp3) is 0.278. The average molecular weight is 359 g/mol. The Bertz CT molecular complexity index is 877. The van der Waals surface area contributed by atoms with Crippen LogP contribution in [0.25, 0.3) is 0 Å². The van der Waals surface area contributed by atoms with Crippen LogP contribution in [0.5, 0.6) is 0 Å². The number of hydrogen-bond donors (Lipinski definition) is 3. The highest BCUT2D eigenvalue weighted by Crippen LogP contribution is 2.30. The Kier molecular flexibility index (Phi) is 4.78. The molecular weight excluding hydrogens is 338 g/mol. The largest absolute Gasteiger partial charge is 0.364 e. The van der Waals surface area contributed by atoms with Crippen molar-refractivity contribution in [3.63, 3.8) is 0 Å². The summed E-state index contributed by atoms with van der Waals surface area (Å²) < 4.78 is 27.3. The molecule has 1 aliphatic rings. The molecule has 7 heteroatoms. The van der Waals surface area contributed by atoms with Crippen LogP contribution in [0.3, 0.4) is 0 Å². The minimum atomic E-state index is -3.58. The van der Waals surface area contributed by atoms with Crippen LogP contribution < -0.4 is 15.4 Å². The van der Waals surface area contributed by atoms with Gasteiger partial charge in [-0.2, -0.15) is 4.72 Å². The minimum Gasteiger partial charge on any atom is -0.364 e. The number of benzene rings is 2. The van der Waals surface area contributed by atoms with Gasteiger partial charge in [0.25, 0.3) is 5.91 Å². The van der Waals surface area contributed by atoms with Crippen molar-refractivity contribution < 1.29 is 13.2 Å². The van der Waals surface area contributed by atoms with Gasteiger partial charge in [0.1, 0.15) is 11.1 Å². The van der Waals surface area contributed by atoms with E-state index in [4.69, 9.17) is 0 Å². The van der Waals surface area contributed by atoms with Crippen LogP contribution in [0, 0.1) is 5.92 Å². The van der Waals surface area contributed by atoms with Gasteiger partial charge in [-0.3, -0.25) is 4.79 Å². The smallest absolute Gasteiger partial charge is 0.251 e. The summed E-state index contributed by atoms with van der Waals surface area (Å²) >= 11 is 0. The van der Waals surface area contributed by atoms with Crippen molar-refractivity contribution in [3.8, 4) is 0 Å². The van der Waals surface area contributed by atoms with Gasteiger partial charge in [-0.15, -0.1) is 0 Å². The minimum absolute atomic E-state index is 0.136. The lowest BCUT2D eigenvalue weighted by Gasteiger charge is -2.28. The van der Waals surface area contributed by atoms with Crippen molar-refractivity contribution in [3.05, 3.63) is 59.7 Å². The molecule has 0 aliphatic carbocycles. The number of carbonyl (C=O) groups is 1. The predicted octanol–water partition coefficient (Wildman–Crippen LogP) is 2.48. The van der Waals surface area contributed by atoms with E-state index in [9.17, 15) is 13.2 Å². The summed E-state index contributed by atoms with van der Waals surface area (Å²) in [5.41, 5.74) is 1.84. The molecule has 6 nitrogen and oxygen atoms in total. The van der Waals surface area contributed by atoms with Crippen molar-refractivity contribution in [1.29, 1.82) is 0 Å². The zero-order chi connectivity index (χ0) is 18.0. The van der Waals surface area contributed by atoms with E-state index in [0.29, 0.717) is 23.7 Å². The van der Waals surface area contributed by atoms with E-state index < -0.39 is 16.2 Å². The third-order valence-corrected chi connectivity index (χ3v) is 5.41. The zero-order valence-electron chi connectivity index (χ0n) is 14.1. The number of carbonyl (C=O) groups excluding carboxylic acids is 1. The van der Waals surface area contributed by atoms with Gasteiger partial charge in [-0.1, -0.05) is 38.1 Å². The molecule has 0 saturated carbocycles. The second-order valence-electron chi connectivity index (χ2n) is 6.42. The number of rotatable bonds is 4. The van der Waals surface area contributed by atoms with E-state index in [2.05, 4.69) is 15.4 Å². The molecule has 3 rings (SSSR count). The molecule has 0 fully saturated rings. The molecule has 3 N–H and O–H groups in total. The fourth-order valence-electron chi connectivity index (χ4n) is 2.60. The van der Waals surface area contributed by atoms with Crippen LogP contribution in [-0.4, -0.2) is 20.9 Å². The first kappa shape index (κ1) is 17.4. The molecule has 2 aromatic carbocycles. The standard InChI is InChI=1S/C18H21N3O3S/c1-12(2)11-19-18(22)14-9-7-13(8-10-14)17-20-15-5-3-4-6-16(15)25(23,24)21-17/h3-10,12,17,20-21H,11H2,1-2H3,(H,19,22)/t17-/m0/s1. The van der Waals surface area contributed by atoms with Crippen LogP contribution in [0.2, 0.25) is 0 Å². The second-order valence-corrected chi connectivity index (χ2v) is 8.10. The molecular formula is C18H21N3O3S. The molecule has 132 valence electrons. The van der Waals surface area contributed by atoms with Crippen molar-refractivity contribution in [2.75, 3.05) is 11.9 Å². The summed E-state index contributed by atoms with van der Waals surface area (Å²) in [7, 11) is -3.58. The third kappa shape index (κ3) is 3.83. The van der Waals surface area contributed by atoms with Gasteiger partial charge in [-0.05, 0) is 35.7 Å². The molecule has 2 aromatic rings. The fourth-order valence-corrected chi connectivity index (χ4v) is 3.91. The SMILES string of the molecule is CC(C)CNC(=O)c1ccc([C@H]2Nc3ccccc3S(=O)(=O)N2)cc1. The molecule has 0 spiro atoms. The lowest BCUT2D eigenvalue weighted by Crippen LogP contribution is -2.38. The van der Waals surface area contributed by atoms with Gasteiger partial charge in [0.2, 0.25) is 10.0 Å². The van der Waals surface area contributed by atoms with E-state index in [1.807, 2.05) is 13.8 Å². The van der Waals surface area contributed by atoms with Gasteiger partial charge in [0.15, 0.2) is 0 Å². The quantitative estimate of drug-likeness (QED) is 0.783. The zero-order valence-corrected chi connectivity index (χ0v) is 14.9. The lowest BCUT2D eigenvalue weighted by atomic mass is 10.1. The van der Waals surface area contributed by atoms with Crippen molar-refractivity contribution in [1.82, 2.24) is 10.0 Å². The first-order valence-electron chi connectivity index (χ1n) is 8.13. The Morgan fingerprint density at radius 2 is 1.80 bits per heavy atom. The third-order valence-electron chi connectivity index (χ3n) is 3.93. The van der Waals surface area contributed by atoms with E-state index in [0.717, 1.165) is 5.56 Å². The van der Waals surface area contributed by atoms with Gasteiger partial charge in [-0.25, -0.2) is 8.42 Å². The van der Waals surface area contributed by atoms with Crippen LogP contribution >= 0.6 is 0 Å². The number of hydrogen-bond acceptors (Lipinski definition) is 4. The molecule has 0 radical (unpaired) electrons. The highest BCUT2D eigenvalue weighted by Gasteiger charge is 2.29. The maximum Gasteiger partial charge on any atom is 0.251 e. The Morgan fingerprint density at radius 1 is 1.12 bits per heavy atom. The van der Waals surface area contributed by atoms with Crippen molar-refractivity contribution >= 4 is 21.6 Å². The number of amides is 1. The summed E-state index contributed by atoms with van der Waals surface area (Å²) in [4.78, 5) is 12.3. The van der Waals surface area contributed by atoms with Crippen LogP contribution in [0.1, 0.15) is 35.9 Å². The van der Waals surface area contributed by atoms with Gasteiger partial charge in [0, 0.05) is 12.1 Å². The average Bonchev–Trinajstić information content (AvgIpc) is 2.59. The number of fused-ring (bicyclic) bond motifs is 1. The number of sulfonamides is 1. The monoisotopic (exact) mass is 359 g/mol. The normalized spacial score (nSPS) is 18.3. The molecule has 0 saturated heterocycles. The van der Waals surface area contributed by atoms with E-state index in [-0.39, 0.29) is 10.8 Å². The van der Waals surface area contributed by atoms with Crippen LogP contribution in [0.15, 0.2) is 53.4 Å². The second kappa shape index (κ2) is 6.85. The summed E-state index contributed by atoms with van der Waals surface area (Å²) in [5, 5.41) is 6.02. The maximum absolute atomic E-state index is 12.4. The van der Waals surface area contributed by atoms with Gasteiger partial charge in [0.05, 0.1) is 5.69 Å². The Hall–Kier alpha value is -2.38. The Morgan fingerprint density at radius 3 is 2.48 bits per heavy atom. The Labute approximate surface area is 147 Å². The number of para-hydroxylation sites is 1. The molecule has 25 heavy (non-hydrogen) atoms. The number of anilines is 1. The molecule has 1 heterocycles. The molecule has 0 bridgehead atoms. The molecule has 1 amide bonds. The first-order valence-corrected chi connectivity index (χ1v) is 9.61. The van der Waals surface area contributed by atoms with E-state index in [1.54, 1.807) is 48.5 Å².